The summed E-state index contributed by atoms with van der Waals surface area (Å²) in [7, 11) is 0. The highest BCUT2D eigenvalue weighted by Gasteiger charge is 2.23. The molecule has 2 amide bonds. The van der Waals surface area contributed by atoms with Gasteiger partial charge in [-0.15, -0.1) is 0 Å². The third kappa shape index (κ3) is 5.33. The van der Waals surface area contributed by atoms with E-state index in [1.54, 1.807) is 0 Å². The van der Waals surface area contributed by atoms with Crippen LogP contribution in [0.15, 0.2) is 24.3 Å². The maximum absolute atomic E-state index is 13.0. The third-order valence-corrected chi connectivity index (χ3v) is 3.96. The smallest absolute Gasteiger partial charge is 0.323 e. The Labute approximate surface area is 139 Å². The Hall–Kier alpha value is -2.44. The van der Waals surface area contributed by atoms with Crippen molar-refractivity contribution >= 4 is 17.8 Å². The Morgan fingerprint density at radius 3 is 2.54 bits per heavy atom. The highest BCUT2D eigenvalue weighted by molar-refractivity contribution is 5.87. The van der Waals surface area contributed by atoms with E-state index in [9.17, 15) is 18.8 Å². The first-order chi connectivity index (χ1) is 11.5. The molecule has 1 N–H and O–H groups in total. The maximum Gasteiger partial charge on any atom is 0.323 e. The molecule has 130 valence electrons. The molecule has 1 aliphatic rings. The molecule has 0 atom stereocenters. The van der Waals surface area contributed by atoms with Gasteiger partial charge in [-0.1, -0.05) is 18.6 Å². The normalized spacial score (nSPS) is 15.0. The quantitative estimate of drug-likeness (QED) is 0.857. The van der Waals surface area contributed by atoms with Crippen molar-refractivity contribution < 1.29 is 23.9 Å². The van der Waals surface area contributed by atoms with Crippen LogP contribution in [0.1, 0.15) is 31.2 Å². The number of halogens is 1. The summed E-state index contributed by atoms with van der Waals surface area (Å²) in [4.78, 5) is 38.2. The molecular weight excluding hydrogens is 315 g/mol. The predicted molar refractivity (Wildman–Crippen MR) is 84.5 cm³/mol. The van der Waals surface area contributed by atoms with Gasteiger partial charge in [0.2, 0.25) is 11.8 Å². The van der Waals surface area contributed by atoms with Crippen LogP contribution in [0.2, 0.25) is 0 Å². The minimum absolute atomic E-state index is 0.0629. The summed E-state index contributed by atoms with van der Waals surface area (Å²) >= 11 is 0. The molecular formula is C17H21FN2O4. The fourth-order valence-electron chi connectivity index (χ4n) is 2.67. The Kier molecular flexibility index (Phi) is 6.28. The molecule has 1 aliphatic heterocycles. The summed E-state index contributed by atoms with van der Waals surface area (Å²) in [6.07, 6.45) is 3.03. The average molecular weight is 336 g/mol. The van der Waals surface area contributed by atoms with Gasteiger partial charge in [0.25, 0.3) is 0 Å². The fraction of sp³-hybridized carbons (Fsp3) is 0.471. The number of aliphatic carboxylic acids is 1. The number of carboxylic acids is 1. The minimum atomic E-state index is -1.13. The highest BCUT2D eigenvalue weighted by Crippen LogP contribution is 2.12. The van der Waals surface area contributed by atoms with Crippen LogP contribution in [-0.2, 0) is 20.9 Å². The van der Waals surface area contributed by atoms with Crippen LogP contribution in [0.3, 0.4) is 0 Å². The van der Waals surface area contributed by atoms with Crippen LogP contribution >= 0.6 is 0 Å². The SMILES string of the molecule is O=C(O)CN(Cc1ccc(F)cc1)C(=O)CN1CCCCCC1=O. The number of likely N-dealkylation sites (tertiary alicyclic amines) is 1. The van der Waals surface area contributed by atoms with Crippen molar-refractivity contribution in [2.75, 3.05) is 19.6 Å². The van der Waals surface area contributed by atoms with Crippen molar-refractivity contribution in [3.8, 4) is 0 Å². The first-order valence-corrected chi connectivity index (χ1v) is 7.97. The molecule has 24 heavy (non-hydrogen) atoms. The van der Waals surface area contributed by atoms with E-state index in [1.165, 1.54) is 34.1 Å². The Morgan fingerprint density at radius 1 is 1.17 bits per heavy atom. The van der Waals surface area contributed by atoms with Crippen LogP contribution < -0.4 is 0 Å². The zero-order valence-corrected chi connectivity index (χ0v) is 13.4. The molecule has 0 aromatic heterocycles. The number of carboxylic acid groups (broad SMARTS) is 1. The molecule has 0 unspecified atom stereocenters. The molecule has 6 nitrogen and oxygen atoms in total. The molecule has 0 spiro atoms. The van der Waals surface area contributed by atoms with Crippen molar-refractivity contribution in [3.63, 3.8) is 0 Å². The maximum atomic E-state index is 13.0. The molecule has 1 heterocycles. The van der Waals surface area contributed by atoms with E-state index in [2.05, 4.69) is 0 Å². The average Bonchev–Trinajstić information content (AvgIpc) is 2.73. The van der Waals surface area contributed by atoms with Crippen molar-refractivity contribution in [2.45, 2.75) is 32.2 Å². The van der Waals surface area contributed by atoms with Crippen molar-refractivity contribution in [3.05, 3.63) is 35.6 Å². The summed E-state index contributed by atoms with van der Waals surface area (Å²) in [5.41, 5.74) is 0.633. The fourth-order valence-corrected chi connectivity index (χ4v) is 2.67. The second-order valence-corrected chi connectivity index (χ2v) is 5.90. The zero-order chi connectivity index (χ0) is 17.5. The Morgan fingerprint density at radius 2 is 1.88 bits per heavy atom. The molecule has 0 saturated carbocycles. The molecule has 0 radical (unpaired) electrons. The largest absolute Gasteiger partial charge is 0.480 e. The van der Waals surface area contributed by atoms with E-state index >= 15 is 0 Å². The highest BCUT2D eigenvalue weighted by atomic mass is 19.1. The van der Waals surface area contributed by atoms with Gasteiger partial charge < -0.3 is 14.9 Å². The van der Waals surface area contributed by atoms with Gasteiger partial charge >= 0.3 is 5.97 Å². The van der Waals surface area contributed by atoms with Gasteiger partial charge in [-0.05, 0) is 30.5 Å². The van der Waals surface area contributed by atoms with Gasteiger partial charge in [-0.2, -0.15) is 0 Å². The minimum Gasteiger partial charge on any atom is -0.480 e. The number of nitrogens with zero attached hydrogens (tertiary/aromatic N) is 2. The van der Waals surface area contributed by atoms with Crippen LogP contribution in [0, 0.1) is 5.82 Å². The number of hydrogen-bond donors (Lipinski definition) is 1. The number of hydrogen-bond acceptors (Lipinski definition) is 3. The number of amides is 2. The molecule has 2 rings (SSSR count). The predicted octanol–water partition coefficient (Wildman–Crippen LogP) is 1.64. The Bertz CT molecular complexity index is 603. The van der Waals surface area contributed by atoms with Crippen molar-refractivity contribution in [1.29, 1.82) is 0 Å². The molecule has 0 aliphatic carbocycles. The van der Waals surface area contributed by atoms with Gasteiger partial charge in [0.05, 0.1) is 6.54 Å². The van der Waals surface area contributed by atoms with Crippen LogP contribution in [0.5, 0.6) is 0 Å². The molecule has 1 saturated heterocycles. The second kappa shape index (κ2) is 8.42. The van der Waals surface area contributed by atoms with Crippen LogP contribution in [0.4, 0.5) is 4.39 Å². The Balaban J connectivity index is 2.05. The lowest BCUT2D eigenvalue weighted by Gasteiger charge is -2.26. The molecule has 0 bridgehead atoms. The number of carbonyl (C=O) groups is 3. The van der Waals surface area contributed by atoms with E-state index < -0.39 is 24.2 Å². The first kappa shape index (κ1) is 17.9. The summed E-state index contributed by atoms with van der Waals surface area (Å²) < 4.78 is 13.0. The second-order valence-electron chi connectivity index (χ2n) is 5.90. The zero-order valence-electron chi connectivity index (χ0n) is 13.4. The van der Waals surface area contributed by atoms with Crippen molar-refractivity contribution in [2.24, 2.45) is 0 Å². The lowest BCUT2D eigenvalue weighted by Crippen LogP contribution is -2.44. The van der Waals surface area contributed by atoms with Gasteiger partial charge in [0.1, 0.15) is 12.4 Å². The van der Waals surface area contributed by atoms with Gasteiger partial charge in [-0.3, -0.25) is 14.4 Å². The molecule has 7 heteroatoms. The van der Waals surface area contributed by atoms with E-state index in [4.69, 9.17) is 5.11 Å². The lowest BCUT2D eigenvalue weighted by atomic mass is 10.2. The van der Waals surface area contributed by atoms with Gasteiger partial charge in [-0.25, -0.2) is 4.39 Å². The molecule has 1 fully saturated rings. The standard InChI is InChI=1S/C17H21FN2O4/c18-14-7-5-13(6-8-14)10-20(12-17(23)24)16(22)11-19-9-3-1-2-4-15(19)21/h5-8H,1-4,9-12H2,(H,23,24). The summed E-state index contributed by atoms with van der Waals surface area (Å²) in [5, 5.41) is 9.02. The molecule has 1 aromatic rings. The van der Waals surface area contributed by atoms with Crippen LogP contribution in [-0.4, -0.2) is 52.3 Å². The van der Waals surface area contributed by atoms with E-state index in [0.29, 0.717) is 18.5 Å². The van der Waals surface area contributed by atoms with E-state index in [-0.39, 0.29) is 19.0 Å². The number of carbonyl (C=O) groups excluding carboxylic acids is 2. The first-order valence-electron chi connectivity index (χ1n) is 7.97. The summed E-state index contributed by atoms with van der Waals surface area (Å²) in [6.45, 7) is 0.00102. The summed E-state index contributed by atoms with van der Waals surface area (Å²) in [6, 6.07) is 5.54. The third-order valence-electron chi connectivity index (χ3n) is 3.96. The number of rotatable bonds is 6. The van der Waals surface area contributed by atoms with E-state index in [0.717, 1.165) is 19.3 Å². The topological polar surface area (TPSA) is 77.9 Å². The van der Waals surface area contributed by atoms with Crippen LogP contribution in [0.25, 0.3) is 0 Å². The van der Waals surface area contributed by atoms with Gasteiger partial charge in [0.15, 0.2) is 0 Å². The summed E-state index contributed by atoms with van der Waals surface area (Å²) in [5.74, 6) is -2.02. The van der Waals surface area contributed by atoms with Crippen molar-refractivity contribution in [1.82, 2.24) is 9.80 Å². The lowest BCUT2D eigenvalue weighted by molar-refractivity contribution is -0.146. The number of benzene rings is 1. The van der Waals surface area contributed by atoms with E-state index in [1.807, 2.05) is 0 Å². The van der Waals surface area contributed by atoms with Gasteiger partial charge in [0, 0.05) is 19.5 Å². The monoisotopic (exact) mass is 336 g/mol. The molecule has 1 aromatic carbocycles.